The monoisotopic (exact) mass is 381 g/mol. The molecule has 6 nitrogen and oxygen atoms in total. The molecule has 2 aromatic rings. The summed E-state index contributed by atoms with van der Waals surface area (Å²) in [7, 11) is 0. The lowest BCUT2D eigenvalue weighted by atomic mass is 10.1. The van der Waals surface area contributed by atoms with Crippen LogP contribution in [0.2, 0.25) is 0 Å². The minimum Gasteiger partial charge on any atom is -0.490 e. The molecular weight excluding hydrogens is 354 g/mol. The first kappa shape index (κ1) is 18.6. The third-order valence-corrected chi connectivity index (χ3v) is 5.32. The van der Waals surface area contributed by atoms with Gasteiger partial charge in [0, 0.05) is 17.9 Å². The molecule has 2 aromatic carbocycles. The Hall–Kier alpha value is -2.73. The molecule has 1 heterocycles. The standard InChI is InChI=1S/C22H27N3O3/c26-21-15-25(22(27)24-21)18-10-8-17(9-11-18)23-13-12-16-4-3-7-20(14-16)28-19-5-1-2-6-19/h3-4,7-11,14,19,21,23,26H,1-2,5-6,12-13,15H2,(H,24,27). The van der Waals surface area contributed by atoms with Crippen LogP contribution in [0, 0.1) is 0 Å². The number of urea groups is 1. The Labute approximate surface area is 165 Å². The number of ether oxygens (including phenoxy) is 1. The Balaban J connectivity index is 1.27. The number of carbonyl (C=O) groups is 1. The number of benzene rings is 2. The Morgan fingerprint density at radius 3 is 2.64 bits per heavy atom. The molecule has 6 heteroatoms. The van der Waals surface area contributed by atoms with Gasteiger partial charge in [-0.15, -0.1) is 0 Å². The minimum absolute atomic E-state index is 0.269. The van der Waals surface area contributed by atoms with Crippen molar-refractivity contribution in [2.75, 3.05) is 23.3 Å². The van der Waals surface area contributed by atoms with Crippen molar-refractivity contribution in [3.05, 3.63) is 54.1 Å². The summed E-state index contributed by atoms with van der Waals surface area (Å²) >= 11 is 0. The van der Waals surface area contributed by atoms with E-state index in [2.05, 4.69) is 28.8 Å². The number of nitrogens with zero attached hydrogens (tertiary/aromatic N) is 1. The highest BCUT2D eigenvalue weighted by Gasteiger charge is 2.27. The number of aliphatic hydroxyl groups excluding tert-OH is 1. The van der Waals surface area contributed by atoms with Gasteiger partial charge in [0.2, 0.25) is 0 Å². The number of rotatable bonds is 7. The third-order valence-electron chi connectivity index (χ3n) is 5.32. The fraction of sp³-hybridized carbons (Fsp3) is 0.409. The highest BCUT2D eigenvalue weighted by molar-refractivity contribution is 5.94. The van der Waals surface area contributed by atoms with E-state index in [1.165, 1.54) is 36.1 Å². The first-order valence-electron chi connectivity index (χ1n) is 10.0. The first-order chi connectivity index (χ1) is 13.7. The molecule has 1 saturated heterocycles. The molecule has 2 amide bonds. The molecule has 148 valence electrons. The van der Waals surface area contributed by atoms with Gasteiger partial charge >= 0.3 is 6.03 Å². The molecular formula is C22H27N3O3. The smallest absolute Gasteiger partial charge is 0.324 e. The van der Waals surface area contributed by atoms with E-state index in [4.69, 9.17) is 4.74 Å². The van der Waals surface area contributed by atoms with Crippen LogP contribution in [0.4, 0.5) is 16.2 Å². The Bertz CT molecular complexity index is 803. The van der Waals surface area contributed by atoms with Gasteiger partial charge in [-0.2, -0.15) is 0 Å². The Kier molecular flexibility index (Phi) is 5.67. The highest BCUT2D eigenvalue weighted by atomic mass is 16.5. The van der Waals surface area contributed by atoms with Crippen molar-refractivity contribution in [1.29, 1.82) is 0 Å². The van der Waals surface area contributed by atoms with Gasteiger partial charge in [0.25, 0.3) is 0 Å². The molecule has 1 aliphatic carbocycles. The van der Waals surface area contributed by atoms with Gasteiger partial charge in [-0.1, -0.05) is 12.1 Å². The van der Waals surface area contributed by atoms with Crippen LogP contribution in [0.3, 0.4) is 0 Å². The van der Waals surface area contributed by atoms with Crippen molar-refractivity contribution in [2.45, 2.75) is 44.4 Å². The Morgan fingerprint density at radius 1 is 1.14 bits per heavy atom. The Morgan fingerprint density at radius 2 is 1.93 bits per heavy atom. The summed E-state index contributed by atoms with van der Waals surface area (Å²) in [5.74, 6) is 0.972. The van der Waals surface area contributed by atoms with Gasteiger partial charge < -0.3 is 20.5 Å². The minimum atomic E-state index is -0.807. The molecule has 0 aromatic heterocycles. The van der Waals surface area contributed by atoms with E-state index >= 15 is 0 Å². The number of β-amino-alcohol motifs (C(OH)–C–C–N with tert-alkyl or cyclic N) is 1. The summed E-state index contributed by atoms with van der Waals surface area (Å²) in [6.07, 6.45) is 5.36. The summed E-state index contributed by atoms with van der Waals surface area (Å²) in [4.78, 5) is 13.3. The molecule has 4 rings (SSSR count). The lowest BCUT2D eigenvalue weighted by molar-refractivity contribution is 0.173. The average Bonchev–Trinajstić information content (AvgIpc) is 3.32. The van der Waals surface area contributed by atoms with E-state index in [1.807, 2.05) is 30.3 Å². The molecule has 0 spiro atoms. The topological polar surface area (TPSA) is 73.8 Å². The molecule has 0 radical (unpaired) electrons. The van der Waals surface area contributed by atoms with Crippen molar-refractivity contribution in [1.82, 2.24) is 5.32 Å². The zero-order valence-corrected chi connectivity index (χ0v) is 15.9. The largest absolute Gasteiger partial charge is 0.490 e. The predicted molar refractivity (Wildman–Crippen MR) is 110 cm³/mol. The molecule has 2 aliphatic rings. The van der Waals surface area contributed by atoms with Crippen molar-refractivity contribution < 1.29 is 14.6 Å². The number of hydrogen-bond donors (Lipinski definition) is 3. The fourth-order valence-corrected chi connectivity index (χ4v) is 3.83. The maximum Gasteiger partial charge on any atom is 0.324 e. The predicted octanol–water partition coefficient (Wildman–Crippen LogP) is 3.51. The SMILES string of the molecule is O=C1NC(O)CN1c1ccc(NCCc2cccc(OC3CCCC3)c2)cc1. The van der Waals surface area contributed by atoms with Crippen LogP contribution in [0.5, 0.6) is 5.75 Å². The van der Waals surface area contributed by atoms with Gasteiger partial charge in [0.05, 0.1) is 12.6 Å². The molecule has 1 saturated carbocycles. The van der Waals surface area contributed by atoms with Gasteiger partial charge in [0.15, 0.2) is 0 Å². The van der Waals surface area contributed by atoms with Gasteiger partial charge in [0.1, 0.15) is 12.0 Å². The lowest BCUT2D eigenvalue weighted by Crippen LogP contribution is -2.28. The van der Waals surface area contributed by atoms with Crippen LogP contribution >= 0.6 is 0 Å². The summed E-state index contributed by atoms with van der Waals surface area (Å²) in [6.45, 7) is 1.08. The van der Waals surface area contributed by atoms with E-state index in [1.54, 1.807) is 0 Å². The summed E-state index contributed by atoms with van der Waals surface area (Å²) in [5.41, 5.74) is 3.03. The van der Waals surface area contributed by atoms with E-state index < -0.39 is 6.23 Å². The van der Waals surface area contributed by atoms with Gasteiger partial charge in [-0.3, -0.25) is 4.90 Å². The molecule has 3 N–H and O–H groups in total. The number of hydrogen-bond acceptors (Lipinski definition) is 4. The van der Waals surface area contributed by atoms with E-state index in [-0.39, 0.29) is 12.6 Å². The maximum atomic E-state index is 11.8. The summed E-state index contributed by atoms with van der Waals surface area (Å²) in [5, 5.41) is 15.4. The van der Waals surface area contributed by atoms with E-state index in [0.29, 0.717) is 6.10 Å². The van der Waals surface area contributed by atoms with Crippen LogP contribution in [0.15, 0.2) is 48.5 Å². The van der Waals surface area contributed by atoms with Crippen molar-refractivity contribution >= 4 is 17.4 Å². The first-order valence-corrected chi connectivity index (χ1v) is 10.0. The molecule has 2 fully saturated rings. The van der Waals surface area contributed by atoms with Gasteiger partial charge in [-0.05, 0) is 74.1 Å². The summed E-state index contributed by atoms with van der Waals surface area (Å²) in [6, 6.07) is 15.8. The van der Waals surface area contributed by atoms with E-state index in [9.17, 15) is 9.90 Å². The second-order valence-electron chi connectivity index (χ2n) is 7.47. The van der Waals surface area contributed by atoms with Gasteiger partial charge in [-0.25, -0.2) is 4.79 Å². The molecule has 1 aliphatic heterocycles. The second kappa shape index (κ2) is 8.52. The van der Waals surface area contributed by atoms with Crippen LogP contribution in [-0.4, -0.2) is 36.6 Å². The lowest BCUT2D eigenvalue weighted by Gasteiger charge is -2.15. The van der Waals surface area contributed by atoms with Crippen LogP contribution in [0.1, 0.15) is 31.2 Å². The highest BCUT2D eigenvalue weighted by Crippen LogP contribution is 2.25. The second-order valence-corrected chi connectivity index (χ2v) is 7.47. The van der Waals surface area contributed by atoms with Crippen LogP contribution in [0.25, 0.3) is 0 Å². The maximum absolute atomic E-state index is 11.8. The van der Waals surface area contributed by atoms with Crippen molar-refractivity contribution in [3.63, 3.8) is 0 Å². The normalized spacial score (nSPS) is 19.7. The third kappa shape index (κ3) is 4.57. The molecule has 1 atom stereocenters. The number of aliphatic hydroxyl groups is 1. The molecule has 0 bridgehead atoms. The van der Waals surface area contributed by atoms with E-state index in [0.717, 1.165) is 30.1 Å². The number of carbonyl (C=O) groups excluding carboxylic acids is 1. The number of anilines is 2. The molecule has 28 heavy (non-hydrogen) atoms. The quantitative estimate of drug-likeness (QED) is 0.686. The zero-order chi connectivity index (χ0) is 19.3. The number of nitrogens with one attached hydrogen (secondary N) is 2. The fourth-order valence-electron chi connectivity index (χ4n) is 3.83. The zero-order valence-electron chi connectivity index (χ0n) is 15.9. The van der Waals surface area contributed by atoms with Crippen molar-refractivity contribution in [3.8, 4) is 5.75 Å². The van der Waals surface area contributed by atoms with Crippen LogP contribution < -0.4 is 20.3 Å². The van der Waals surface area contributed by atoms with Crippen LogP contribution in [-0.2, 0) is 6.42 Å². The number of amides is 2. The van der Waals surface area contributed by atoms with Crippen molar-refractivity contribution in [2.24, 2.45) is 0 Å². The summed E-state index contributed by atoms with van der Waals surface area (Å²) < 4.78 is 6.08. The molecule has 1 unspecified atom stereocenters. The average molecular weight is 381 g/mol.